The number of ether oxygens (including phenoxy) is 1. The number of imidazole rings is 1. The number of aromatic nitrogens is 4. The number of fused-ring (bicyclic) bond motifs is 1. The third kappa shape index (κ3) is 4.02. The Kier molecular flexibility index (Phi) is 5.24. The number of anilines is 6. The van der Waals surface area contributed by atoms with Crippen LogP contribution in [-0.2, 0) is 4.74 Å². The summed E-state index contributed by atoms with van der Waals surface area (Å²) in [5.74, 6) is 2.00. The van der Waals surface area contributed by atoms with Gasteiger partial charge in [0.15, 0.2) is 17.0 Å². The molecule has 0 bridgehead atoms. The zero-order chi connectivity index (χ0) is 22.1. The topological polar surface area (TPSA) is 108 Å². The van der Waals surface area contributed by atoms with E-state index in [4.69, 9.17) is 25.4 Å². The van der Waals surface area contributed by atoms with Crippen LogP contribution in [0.15, 0.2) is 48.5 Å². The maximum atomic E-state index is 5.85. The molecule has 0 spiro atoms. The van der Waals surface area contributed by atoms with Gasteiger partial charge < -0.3 is 30.6 Å². The van der Waals surface area contributed by atoms with Gasteiger partial charge in [0.25, 0.3) is 0 Å². The van der Waals surface area contributed by atoms with Gasteiger partial charge >= 0.3 is 0 Å². The summed E-state index contributed by atoms with van der Waals surface area (Å²) in [6.07, 6.45) is 0. The van der Waals surface area contributed by atoms with E-state index in [9.17, 15) is 0 Å². The number of nitrogens with two attached hydrogens (primary N) is 1. The van der Waals surface area contributed by atoms with Crippen LogP contribution in [0.5, 0.6) is 0 Å². The minimum Gasteiger partial charge on any atom is -0.399 e. The highest BCUT2D eigenvalue weighted by Crippen LogP contribution is 2.30. The average molecular weight is 431 g/mol. The van der Waals surface area contributed by atoms with E-state index in [1.165, 1.54) is 5.56 Å². The Morgan fingerprint density at radius 3 is 2.59 bits per heavy atom. The van der Waals surface area contributed by atoms with Crippen molar-refractivity contribution in [1.82, 2.24) is 19.9 Å². The summed E-state index contributed by atoms with van der Waals surface area (Å²) in [4.78, 5) is 21.9. The number of hydrogen-bond donors (Lipinski definition) is 3. The molecule has 2 aromatic carbocycles. The standard InChI is InChI=1S/C23H26N8O/c1-15-4-3-5-17(14-15)25-22-26-19-20(27-22)28-23(29-21(19)31-10-12-32-13-11-31)30(2)18-8-6-16(24)7-9-18/h3-9,14H,10-13,24H2,1-2H3,(H2,25,26,27,28,29). The Morgan fingerprint density at radius 1 is 1.06 bits per heavy atom. The van der Waals surface area contributed by atoms with Gasteiger partial charge in [-0.2, -0.15) is 9.97 Å². The van der Waals surface area contributed by atoms with Gasteiger partial charge in [-0.05, 0) is 48.9 Å². The molecule has 1 saturated heterocycles. The second kappa shape index (κ2) is 8.35. The first-order valence-corrected chi connectivity index (χ1v) is 10.6. The highest BCUT2D eigenvalue weighted by molar-refractivity contribution is 5.87. The Hall–Kier alpha value is -3.85. The molecule has 5 rings (SSSR count). The molecule has 0 aliphatic carbocycles. The van der Waals surface area contributed by atoms with E-state index in [1.54, 1.807) is 0 Å². The smallest absolute Gasteiger partial charge is 0.233 e. The molecule has 1 aliphatic heterocycles. The van der Waals surface area contributed by atoms with Gasteiger partial charge in [0.1, 0.15) is 0 Å². The van der Waals surface area contributed by atoms with Gasteiger partial charge in [0.05, 0.1) is 13.2 Å². The molecular weight excluding hydrogens is 404 g/mol. The lowest BCUT2D eigenvalue weighted by molar-refractivity contribution is 0.122. The van der Waals surface area contributed by atoms with Crippen LogP contribution in [0.3, 0.4) is 0 Å². The van der Waals surface area contributed by atoms with Crippen molar-refractivity contribution in [2.45, 2.75) is 6.92 Å². The van der Waals surface area contributed by atoms with E-state index in [0.29, 0.717) is 36.4 Å². The van der Waals surface area contributed by atoms with Crippen molar-refractivity contribution in [3.63, 3.8) is 0 Å². The molecule has 9 nitrogen and oxygen atoms in total. The quantitative estimate of drug-likeness (QED) is 0.412. The Balaban J connectivity index is 1.56. The molecule has 9 heteroatoms. The number of morpholine rings is 1. The van der Waals surface area contributed by atoms with Crippen molar-refractivity contribution in [1.29, 1.82) is 0 Å². The van der Waals surface area contributed by atoms with Crippen molar-refractivity contribution in [3.8, 4) is 0 Å². The second-order valence-electron chi connectivity index (χ2n) is 7.87. The second-order valence-corrected chi connectivity index (χ2v) is 7.87. The molecule has 0 radical (unpaired) electrons. The van der Waals surface area contributed by atoms with Crippen LogP contribution in [0.4, 0.5) is 34.8 Å². The van der Waals surface area contributed by atoms with Gasteiger partial charge in [-0.3, -0.25) is 0 Å². The molecule has 0 amide bonds. The van der Waals surface area contributed by atoms with E-state index >= 15 is 0 Å². The van der Waals surface area contributed by atoms with Crippen molar-refractivity contribution in [3.05, 3.63) is 54.1 Å². The van der Waals surface area contributed by atoms with Crippen LogP contribution in [-0.4, -0.2) is 53.3 Å². The van der Waals surface area contributed by atoms with E-state index in [-0.39, 0.29) is 0 Å². The first kappa shape index (κ1) is 20.1. The fourth-order valence-corrected chi connectivity index (χ4v) is 3.75. The lowest BCUT2D eigenvalue weighted by Gasteiger charge is -2.28. The molecular formula is C23H26N8O. The lowest BCUT2D eigenvalue weighted by atomic mass is 10.2. The van der Waals surface area contributed by atoms with Gasteiger partial charge in [-0.25, -0.2) is 4.98 Å². The molecule has 2 aromatic heterocycles. The first-order chi connectivity index (χ1) is 15.6. The number of nitrogen functional groups attached to an aromatic ring is 1. The zero-order valence-corrected chi connectivity index (χ0v) is 18.2. The SMILES string of the molecule is Cc1cccc(Nc2nc3c(N4CCOCC4)nc(N(C)c4ccc(N)cc4)nc3[nH]2)c1. The number of H-pyrrole nitrogens is 1. The summed E-state index contributed by atoms with van der Waals surface area (Å²) < 4.78 is 5.54. The highest BCUT2D eigenvalue weighted by Gasteiger charge is 2.22. The molecule has 0 unspecified atom stereocenters. The largest absolute Gasteiger partial charge is 0.399 e. The minimum atomic E-state index is 0.578. The minimum absolute atomic E-state index is 0.578. The summed E-state index contributed by atoms with van der Waals surface area (Å²) in [5, 5.41) is 3.35. The maximum Gasteiger partial charge on any atom is 0.233 e. The Labute approximate surface area is 186 Å². The third-order valence-corrected chi connectivity index (χ3v) is 5.49. The van der Waals surface area contributed by atoms with Gasteiger partial charge in [0.2, 0.25) is 11.9 Å². The fourth-order valence-electron chi connectivity index (χ4n) is 3.75. The van der Waals surface area contributed by atoms with Crippen LogP contribution < -0.4 is 20.9 Å². The van der Waals surface area contributed by atoms with E-state index in [1.807, 2.05) is 48.3 Å². The molecule has 0 saturated carbocycles. The molecule has 32 heavy (non-hydrogen) atoms. The molecule has 4 N–H and O–H groups in total. The molecule has 164 valence electrons. The zero-order valence-electron chi connectivity index (χ0n) is 18.2. The normalized spacial score (nSPS) is 14.0. The van der Waals surface area contributed by atoms with Crippen LogP contribution in [0.25, 0.3) is 11.2 Å². The lowest BCUT2D eigenvalue weighted by Crippen LogP contribution is -2.37. The number of aryl methyl sites for hydroxylation is 1. The number of benzene rings is 2. The number of rotatable bonds is 5. The molecule has 1 aliphatic rings. The molecule has 3 heterocycles. The van der Waals surface area contributed by atoms with E-state index in [0.717, 1.165) is 35.8 Å². The Morgan fingerprint density at radius 2 is 1.84 bits per heavy atom. The average Bonchev–Trinajstić information content (AvgIpc) is 3.21. The number of nitrogens with one attached hydrogen (secondary N) is 2. The Bertz CT molecular complexity index is 1230. The number of aromatic amines is 1. The molecule has 4 aromatic rings. The third-order valence-electron chi connectivity index (χ3n) is 5.49. The van der Waals surface area contributed by atoms with Gasteiger partial charge in [-0.15, -0.1) is 0 Å². The van der Waals surface area contributed by atoms with Crippen LogP contribution in [0.2, 0.25) is 0 Å². The van der Waals surface area contributed by atoms with Crippen molar-refractivity contribution in [2.24, 2.45) is 0 Å². The van der Waals surface area contributed by atoms with Crippen LogP contribution in [0.1, 0.15) is 5.56 Å². The van der Waals surface area contributed by atoms with Crippen LogP contribution in [0, 0.1) is 6.92 Å². The van der Waals surface area contributed by atoms with Gasteiger partial charge in [-0.1, -0.05) is 12.1 Å². The fraction of sp³-hybridized carbons (Fsp3) is 0.261. The molecule has 1 fully saturated rings. The summed E-state index contributed by atoms with van der Waals surface area (Å²) in [5.41, 5.74) is 11.1. The summed E-state index contributed by atoms with van der Waals surface area (Å²) >= 11 is 0. The van der Waals surface area contributed by atoms with Crippen molar-refractivity contribution >= 4 is 45.9 Å². The van der Waals surface area contributed by atoms with Crippen LogP contribution >= 0.6 is 0 Å². The van der Waals surface area contributed by atoms with Gasteiger partial charge in [0, 0.05) is 37.2 Å². The summed E-state index contributed by atoms with van der Waals surface area (Å²) in [6.45, 7) is 4.89. The van der Waals surface area contributed by atoms with E-state index < -0.39 is 0 Å². The van der Waals surface area contributed by atoms with E-state index in [2.05, 4.69) is 34.3 Å². The summed E-state index contributed by atoms with van der Waals surface area (Å²) in [7, 11) is 1.94. The number of hydrogen-bond acceptors (Lipinski definition) is 8. The first-order valence-electron chi connectivity index (χ1n) is 10.6. The maximum absolute atomic E-state index is 5.85. The van der Waals surface area contributed by atoms with Crippen molar-refractivity contribution < 1.29 is 4.74 Å². The summed E-state index contributed by atoms with van der Waals surface area (Å²) in [6, 6.07) is 15.8. The number of nitrogens with zero attached hydrogens (tertiary/aromatic N) is 5. The predicted octanol–water partition coefficient (Wildman–Crippen LogP) is 3.59. The molecule has 0 atom stereocenters. The monoisotopic (exact) mass is 430 g/mol. The predicted molar refractivity (Wildman–Crippen MR) is 128 cm³/mol. The van der Waals surface area contributed by atoms with Crippen molar-refractivity contribution in [2.75, 3.05) is 54.2 Å². The highest BCUT2D eigenvalue weighted by atomic mass is 16.5.